The molecule has 0 bridgehead atoms. The first-order valence-corrected chi connectivity index (χ1v) is 5.52. The fourth-order valence-corrected chi connectivity index (χ4v) is 1.87. The van der Waals surface area contributed by atoms with Crippen LogP contribution >= 0.6 is 0 Å². The molecule has 0 N–H and O–H groups in total. The molecule has 0 aliphatic heterocycles. The summed E-state index contributed by atoms with van der Waals surface area (Å²) in [7, 11) is 1.59. The second-order valence-electron chi connectivity index (χ2n) is 3.72. The first-order valence-electron chi connectivity index (χ1n) is 5.52. The average molecular weight is 236 g/mol. The maximum absolute atomic E-state index is 5.31. The minimum atomic E-state index is 0.555. The van der Waals surface area contributed by atoms with Gasteiger partial charge in [0.25, 0.3) is 0 Å². The van der Waals surface area contributed by atoms with Crippen molar-refractivity contribution in [2.45, 2.75) is 0 Å². The number of aromatic nitrogens is 3. The van der Waals surface area contributed by atoms with Crippen LogP contribution in [0.25, 0.3) is 22.3 Å². The van der Waals surface area contributed by atoms with Crippen LogP contribution in [0.15, 0.2) is 42.7 Å². The van der Waals surface area contributed by atoms with Gasteiger partial charge in [-0.3, -0.25) is 0 Å². The predicted molar refractivity (Wildman–Crippen MR) is 68.2 cm³/mol. The van der Waals surface area contributed by atoms with Crippen LogP contribution in [0.5, 0.6) is 5.75 Å². The van der Waals surface area contributed by atoms with Gasteiger partial charge in [0.1, 0.15) is 6.20 Å². The lowest BCUT2D eigenvalue weighted by atomic mass is 10.1. The highest BCUT2D eigenvalue weighted by molar-refractivity contribution is 5.95. The molecule has 3 rings (SSSR count). The third-order valence-corrected chi connectivity index (χ3v) is 2.67. The Labute approximate surface area is 104 Å². The Morgan fingerprint density at radius 1 is 1.06 bits per heavy atom. The number of rotatable bonds is 2. The Bertz CT molecular complexity index is 683. The fourth-order valence-electron chi connectivity index (χ4n) is 1.87. The van der Waals surface area contributed by atoms with Crippen LogP contribution in [-0.2, 0) is 0 Å². The Balaban J connectivity index is 2.38. The van der Waals surface area contributed by atoms with Crippen LogP contribution in [0.1, 0.15) is 0 Å². The molecule has 2 heterocycles. The van der Waals surface area contributed by atoms with Gasteiger partial charge in [-0.05, 0) is 12.1 Å². The predicted octanol–water partition coefficient (Wildman–Crippen LogP) is 2.50. The van der Waals surface area contributed by atoms with Crippen LogP contribution in [-0.4, -0.2) is 22.1 Å². The van der Waals surface area contributed by atoms with E-state index in [-0.39, 0.29) is 0 Å². The van der Waals surface area contributed by atoms with E-state index in [1.807, 2.05) is 24.3 Å². The number of para-hydroxylation sites is 1. The van der Waals surface area contributed by atoms with Gasteiger partial charge >= 0.3 is 0 Å². The van der Waals surface area contributed by atoms with Crippen molar-refractivity contribution < 1.29 is 4.74 Å². The van der Waals surface area contributed by atoms with E-state index in [9.17, 15) is 0 Å². The summed E-state index contributed by atoms with van der Waals surface area (Å²) in [6.45, 7) is 0. The third kappa shape index (κ3) is 1.68. The van der Waals surface area contributed by atoms with Crippen molar-refractivity contribution in [3.8, 4) is 17.1 Å². The molecule has 0 aliphatic rings. The maximum atomic E-state index is 5.31. The Morgan fingerprint density at radius 3 is 2.61 bits per heavy atom. The van der Waals surface area contributed by atoms with Crippen LogP contribution in [0, 0.1) is 6.20 Å². The molecule has 18 heavy (non-hydrogen) atoms. The number of pyridine rings is 1. The average Bonchev–Trinajstić information content (AvgIpc) is 2.47. The van der Waals surface area contributed by atoms with Crippen molar-refractivity contribution >= 4 is 10.9 Å². The number of ether oxygens (including phenoxy) is 1. The van der Waals surface area contributed by atoms with E-state index >= 15 is 0 Å². The maximum Gasteiger partial charge on any atom is 0.163 e. The number of hydrogen-bond acceptors (Lipinski definition) is 4. The summed E-state index contributed by atoms with van der Waals surface area (Å²) in [5.41, 5.74) is 1.67. The van der Waals surface area contributed by atoms with Crippen molar-refractivity contribution in [2.24, 2.45) is 0 Å². The topological polar surface area (TPSA) is 47.9 Å². The largest absolute Gasteiger partial charge is 0.494 e. The van der Waals surface area contributed by atoms with Crippen LogP contribution in [0.3, 0.4) is 0 Å². The molecule has 1 aromatic carbocycles. The normalized spacial score (nSPS) is 10.5. The molecule has 0 aliphatic carbocycles. The van der Waals surface area contributed by atoms with Crippen molar-refractivity contribution in [3.63, 3.8) is 0 Å². The molecular formula is C14H10N3O. The molecule has 2 aromatic heterocycles. The summed E-state index contributed by atoms with van der Waals surface area (Å²) < 4.78 is 5.31. The summed E-state index contributed by atoms with van der Waals surface area (Å²) in [4.78, 5) is 12.8. The molecule has 0 unspecified atom stereocenters. The second kappa shape index (κ2) is 4.41. The van der Waals surface area contributed by atoms with Gasteiger partial charge in [0.2, 0.25) is 0 Å². The first kappa shape index (κ1) is 10.7. The zero-order valence-corrected chi connectivity index (χ0v) is 9.79. The smallest absolute Gasteiger partial charge is 0.163 e. The van der Waals surface area contributed by atoms with Crippen molar-refractivity contribution in [1.29, 1.82) is 0 Å². The zero-order valence-electron chi connectivity index (χ0n) is 9.79. The van der Waals surface area contributed by atoms with E-state index in [0.29, 0.717) is 11.6 Å². The molecule has 87 valence electrons. The lowest BCUT2D eigenvalue weighted by molar-refractivity contribution is 0.414. The lowest BCUT2D eigenvalue weighted by Gasteiger charge is -2.09. The fraction of sp³-hybridized carbons (Fsp3) is 0.0714. The van der Waals surface area contributed by atoms with Gasteiger partial charge in [-0.2, -0.15) is 0 Å². The number of methoxy groups -OCH3 is 1. The molecule has 3 aromatic rings. The zero-order chi connectivity index (χ0) is 12.4. The van der Waals surface area contributed by atoms with E-state index in [1.165, 1.54) is 0 Å². The summed E-state index contributed by atoms with van der Waals surface area (Å²) in [6.07, 6.45) is 6.29. The molecule has 4 nitrogen and oxygen atoms in total. The van der Waals surface area contributed by atoms with Gasteiger partial charge in [0.05, 0.1) is 18.2 Å². The van der Waals surface area contributed by atoms with E-state index in [4.69, 9.17) is 4.74 Å². The van der Waals surface area contributed by atoms with E-state index < -0.39 is 0 Å². The molecule has 0 fully saturated rings. The number of fused-ring (bicyclic) bond motifs is 1. The summed E-state index contributed by atoms with van der Waals surface area (Å²) in [6, 6.07) is 9.58. The lowest BCUT2D eigenvalue weighted by Crippen LogP contribution is -1.95. The van der Waals surface area contributed by atoms with E-state index in [1.54, 1.807) is 25.6 Å². The Hall–Kier alpha value is -2.49. The highest BCUT2D eigenvalue weighted by Crippen LogP contribution is 2.32. The molecular weight excluding hydrogens is 226 g/mol. The number of hydrogen-bond donors (Lipinski definition) is 0. The van der Waals surface area contributed by atoms with Crippen molar-refractivity contribution in [3.05, 3.63) is 48.9 Å². The van der Waals surface area contributed by atoms with E-state index in [0.717, 1.165) is 16.5 Å². The van der Waals surface area contributed by atoms with Crippen molar-refractivity contribution in [1.82, 2.24) is 15.0 Å². The van der Waals surface area contributed by atoms with Gasteiger partial charge in [0, 0.05) is 17.8 Å². The van der Waals surface area contributed by atoms with Gasteiger partial charge in [-0.15, -0.1) is 0 Å². The standard InChI is InChI=1S/C14H10N3O/c1-18-12-9-17-11-6-3-2-5-10(11)13(12)14-15-7-4-8-16-14/h2-8H,1H3. The minimum absolute atomic E-state index is 0.555. The van der Waals surface area contributed by atoms with Crippen LogP contribution in [0.2, 0.25) is 0 Å². The highest BCUT2D eigenvalue weighted by Gasteiger charge is 2.13. The quantitative estimate of drug-likeness (QED) is 0.686. The Morgan fingerprint density at radius 2 is 1.83 bits per heavy atom. The monoisotopic (exact) mass is 236 g/mol. The molecule has 0 saturated carbocycles. The molecule has 0 amide bonds. The van der Waals surface area contributed by atoms with Crippen LogP contribution in [0.4, 0.5) is 0 Å². The Kier molecular flexibility index (Phi) is 2.61. The van der Waals surface area contributed by atoms with Crippen LogP contribution < -0.4 is 4.74 Å². The molecule has 4 heteroatoms. The SMILES string of the molecule is COc1[c]nc2ccccc2c1-c1ncccn1. The summed E-state index contributed by atoms with van der Waals surface area (Å²) in [5, 5.41) is 0.958. The van der Waals surface area contributed by atoms with Gasteiger partial charge < -0.3 is 4.74 Å². The van der Waals surface area contributed by atoms with Crippen molar-refractivity contribution in [2.75, 3.05) is 7.11 Å². The van der Waals surface area contributed by atoms with Gasteiger partial charge in [0.15, 0.2) is 11.6 Å². The van der Waals surface area contributed by atoms with Gasteiger partial charge in [-0.25, -0.2) is 15.0 Å². The summed E-state index contributed by atoms with van der Waals surface area (Å²) in [5.74, 6) is 1.17. The molecule has 0 atom stereocenters. The highest BCUT2D eigenvalue weighted by atomic mass is 16.5. The van der Waals surface area contributed by atoms with Gasteiger partial charge in [-0.1, -0.05) is 18.2 Å². The minimum Gasteiger partial charge on any atom is -0.494 e. The number of benzene rings is 1. The number of nitrogens with zero attached hydrogens (tertiary/aromatic N) is 3. The molecule has 0 spiro atoms. The summed E-state index contributed by atoms with van der Waals surface area (Å²) >= 11 is 0. The molecule has 1 radical (unpaired) electrons. The third-order valence-electron chi connectivity index (χ3n) is 2.67. The second-order valence-corrected chi connectivity index (χ2v) is 3.72. The van der Waals surface area contributed by atoms with E-state index in [2.05, 4.69) is 21.1 Å². The first-order chi connectivity index (χ1) is 8.90. The molecule has 0 saturated heterocycles.